The van der Waals surface area contributed by atoms with E-state index in [0.717, 1.165) is 17.7 Å². The molecule has 1 unspecified atom stereocenters. The lowest BCUT2D eigenvalue weighted by Gasteiger charge is -2.06. The molecule has 1 aliphatic heterocycles. The second-order valence-corrected chi connectivity index (χ2v) is 4.81. The number of carbonyl (C=O) groups excluding carboxylic acids is 1. The van der Waals surface area contributed by atoms with Crippen molar-refractivity contribution in [2.75, 3.05) is 5.75 Å². The number of thioether (sulfide) groups is 1. The number of Topliss-reactive ketones (excluding diaryl/α,β-unsaturated/α-hetero) is 1. The van der Waals surface area contributed by atoms with Crippen molar-refractivity contribution in [2.45, 2.75) is 24.5 Å². The first kappa shape index (κ1) is 9.71. The molecule has 1 aromatic heterocycles. The van der Waals surface area contributed by atoms with Crippen molar-refractivity contribution in [1.29, 1.82) is 0 Å². The van der Waals surface area contributed by atoms with Crippen LogP contribution in [0.3, 0.4) is 0 Å². The highest BCUT2D eigenvalue weighted by Crippen LogP contribution is 2.27. The summed E-state index contributed by atoms with van der Waals surface area (Å²) in [4.78, 5) is 15.7. The van der Waals surface area contributed by atoms with Gasteiger partial charge in [-0.3, -0.25) is 9.78 Å². The van der Waals surface area contributed by atoms with Crippen molar-refractivity contribution in [3.8, 4) is 0 Å². The van der Waals surface area contributed by atoms with Crippen LogP contribution in [0.1, 0.15) is 18.4 Å². The summed E-state index contributed by atoms with van der Waals surface area (Å²) in [6.45, 7) is 0. The highest BCUT2D eigenvalue weighted by Gasteiger charge is 2.22. The summed E-state index contributed by atoms with van der Waals surface area (Å²) in [5.74, 6) is 1.52. The molecular formula is C11H13NOS. The van der Waals surface area contributed by atoms with Crippen molar-refractivity contribution in [1.82, 2.24) is 4.98 Å². The third-order valence-corrected chi connectivity index (χ3v) is 3.84. The van der Waals surface area contributed by atoms with Gasteiger partial charge in [0, 0.05) is 18.8 Å². The Hall–Kier alpha value is -0.830. The van der Waals surface area contributed by atoms with Gasteiger partial charge in [-0.25, -0.2) is 0 Å². The molecule has 0 spiro atoms. The third-order valence-electron chi connectivity index (χ3n) is 2.42. The summed E-state index contributed by atoms with van der Waals surface area (Å²) in [5, 5.41) is 0.253. The average Bonchev–Trinajstić information content (AvgIpc) is 2.72. The van der Waals surface area contributed by atoms with Crippen molar-refractivity contribution >= 4 is 17.5 Å². The zero-order chi connectivity index (χ0) is 9.80. The third kappa shape index (κ3) is 2.35. The van der Waals surface area contributed by atoms with Gasteiger partial charge in [0.2, 0.25) is 0 Å². The fraction of sp³-hybridized carbons (Fsp3) is 0.455. The number of carbonyl (C=O) groups is 1. The monoisotopic (exact) mass is 207 g/mol. The zero-order valence-corrected chi connectivity index (χ0v) is 8.80. The molecule has 0 radical (unpaired) electrons. The molecule has 1 atom stereocenters. The molecule has 0 aromatic carbocycles. The number of pyridine rings is 1. The van der Waals surface area contributed by atoms with E-state index >= 15 is 0 Å². The molecule has 1 aliphatic rings. The number of nitrogens with zero attached hydrogens (tertiary/aromatic N) is 1. The number of aromatic nitrogens is 1. The molecule has 74 valence electrons. The van der Waals surface area contributed by atoms with Gasteiger partial charge in [-0.15, -0.1) is 0 Å². The molecule has 0 amide bonds. The molecule has 14 heavy (non-hydrogen) atoms. The molecule has 0 saturated carbocycles. The number of ketones is 1. The Morgan fingerprint density at radius 3 is 2.93 bits per heavy atom. The molecule has 2 rings (SSSR count). The van der Waals surface area contributed by atoms with E-state index in [1.807, 2.05) is 12.1 Å². The summed E-state index contributed by atoms with van der Waals surface area (Å²) in [5.41, 5.74) is 1.08. The van der Waals surface area contributed by atoms with Crippen molar-refractivity contribution in [2.24, 2.45) is 0 Å². The lowest BCUT2D eigenvalue weighted by atomic mass is 10.1. The van der Waals surface area contributed by atoms with E-state index in [4.69, 9.17) is 0 Å². The normalized spacial score (nSPS) is 21.0. The molecule has 2 heterocycles. The van der Waals surface area contributed by atoms with Crippen molar-refractivity contribution in [3.63, 3.8) is 0 Å². The lowest BCUT2D eigenvalue weighted by molar-refractivity contribution is -0.117. The first-order valence-corrected chi connectivity index (χ1v) is 5.94. The fourth-order valence-corrected chi connectivity index (χ4v) is 2.87. The van der Waals surface area contributed by atoms with Gasteiger partial charge in [0.25, 0.3) is 0 Å². The first-order chi connectivity index (χ1) is 6.86. The van der Waals surface area contributed by atoms with Gasteiger partial charge < -0.3 is 0 Å². The van der Waals surface area contributed by atoms with Crippen molar-refractivity contribution < 1.29 is 4.79 Å². The van der Waals surface area contributed by atoms with Crippen LogP contribution in [-0.2, 0) is 11.2 Å². The highest BCUT2D eigenvalue weighted by molar-refractivity contribution is 8.00. The van der Waals surface area contributed by atoms with E-state index in [1.165, 1.54) is 6.42 Å². The summed E-state index contributed by atoms with van der Waals surface area (Å²) >= 11 is 1.80. The van der Waals surface area contributed by atoms with Gasteiger partial charge in [-0.05, 0) is 36.3 Å². The van der Waals surface area contributed by atoms with E-state index in [2.05, 4.69) is 4.98 Å². The van der Waals surface area contributed by atoms with Gasteiger partial charge in [-0.1, -0.05) is 0 Å². The van der Waals surface area contributed by atoms with E-state index in [0.29, 0.717) is 12.2 Å². The van der Waals surface area contributed by atoms with Crippen LogP contribution in [-0.4, -0.2) is 21.8 Å². The fourth-order valence-electron chi connectivity index (χ4n) is 1.65. The molecule has 0 bridgehead atoms. The first-order valence-electron chi connectivity index (χ1n) is 4.89. The summed E-state index contributed by atoms with van der Waals surface area (Å²) in [7, 11) is 0. The summed E-state index contributed by atoms with van der Waals surface area (Å²) in [6.07, 6.45) is 6.31. The Morgan fingerprint density at radius 2 is 2.29 bits per heavy atom. The molecule has 1 fully saturated rings. The largest absolute Gasteiger partial charge is 0.298 e. The predicted octanol–water partition coefficient (Wildman–Crippen LogP) is 2.09. The minimum absolute atomic E-state index is 0.253. The molecular weight excluding hydrogens is 194 g/mol. The predicted molar refractivity (Wildman–Crippen MR) is 58.4 cm³/mol. The van der Waals surface area contributed by atoms with Gasteiger partial charge in [-0.2, -0.15) is 11.8 Å². The van der Waals surface area contributed by atoms with Crippen LogP contribution in [0.15, 0.2) is 24.5 Å². The number of hydrogen-bond donors (Lipinski definition) is 0. The van der Waals surface area contributed by atoms with Crippen LogP contribution in [0.2, 0.25) is 0 Å². The number of rotatable bonds is 3. The minimum atomic E-state index is 0.253. The van der Waals surface area contributed by atoms with Crippen LogP contribution in [0.5, 0.6) is 0 Å². The van der Waals surface area contributed by atoms with E-state index in [9.17, 15) is 4.79 Å². The maximum atomic E-state index is 11.8. The quantitative estimate of drug-likeness (QED) is 0.760. The maximum absolute atomic E-state index is 11.8. The Morgan fingerprint density at radius 1 is 1.50 bits per heavy atom. The van der Waals surface area contributed by atoms with Crippen LogP contribution in [0.25, 0.3) is 0 Å². The number of hydrogen-bond acceptors (Lipinski definition) is 3. The Labute approximate surface area is 88.1 Å². The summed E-state index contributed by atoms with van der Waals surface area (Å²) in [6, 6.07) is 3.83. The smallest absolute Gasteiger partial charge is 0.150 e. The molecule has 1 aromatic rings. The van der Waals surface area contributed by atoms with E-state index in [-0.39, 0.29) is 5.25 Å². The minimum Gasteiger partial charge on any atom is -0.298 e. The van der Waals surface area contributed by atoms with Gasteiger partial charge in [0.05, 0.1) is 5.25 Å². The van der Waals surface area contributed by atoms with Crippen LogP contribution in [0, 0.1) is 0 Å². The zero-order valence-electron chi connectivity index (χ0n) is 7.98. The molecule has 1 saturated heterocycles. The average molecular weight is 207 g/mol. The standard InChI is InChI=1S/C11H13NOS/c13-10(11-2-1-7-14-11)8-9-3-5-12-6-4-9/h3-6,11H,1-2,7-8H2. The van der Waals surface area contributed by atoms with Crippen LogP contribution < -0.4 is 0 Å². The van der Waals surface area contributed by atoms with Gasteiger partial charge in [0.15, 0.2) is 0 Å². The summed E-state index contributed by atoms with van der Waals surface area (Å²) < 4.78 is 0. The topological polar surface area (TPSA) is 30.0 Å². The van der Waals surface area contributed by atoms with Crippen molar-refractivity contribution in [3.05, 3.63) is 30.1 Å². The Kier molecular flexibility index (Phi) is 3.19. The van der Waals surface area contributed by atoms with Crippen LogP contribution in [0.4, 0.5) is 0 Å². The molecule has 2 nitrogen and oxygen atoms in total. The van der Waals surface area contributed by atoms with Gasteiger partial charge in [0.1, 0.15) is 5.78 Å². The van der Waals surface area contributed by atoms with E-state index in [1.54, 1.807) is 24.2 Å². The molecule has 0 aliphatic carbocycles. The highest BCUT2D eigenvalue weighted by atomic mass is 32.2. The van der Waals surface area contributed by atoms with Gasteiger partial charge >= 0.3 is 0 Å². The molecule has 3 heteroatoms. The lowest BCUT2D eigenvalue weighted by Crippen LogP contribution is -2.16. The Balaban J connectivity index is 1.94. The van der Waals surface area contributed by atoms with Crippen LogP contribution >= 0.6 is 11.8 Å². The second-order valence-electron chi connectivity index (χ2n) is 3.50. The maximum Gasteiger partial charge on any atom is 0.150 e. The second kappa shape index (κ2) is 4.60. The Bertz CT molecular complexity index is 306. The van der Waals surface area contributed by atoms with E-state index < -0.39 is 0 Å². The SMILES string of the molecule is O=C(Cc1ccncc1)C1CCCS1. The molecule has 0 N–H and O–H groups in total.